The second-order valence-electron chi connectivity index (χ2n) is 22.5. The van der Waals surface area contributed by atoms with E-state index < -0.39 is 0 Å². The second-order valence-corrected chi connectivity index (χ2v) is 22.5. The van der Waals surface area contributed by atoms with Crippen molar-refractivity contribution < 1.29 is 13.3 Å². The van der Waals surface area contributed by atoms with Crippen molar-refractivity contribution in [1.29, 1.82) is 0 Å². The molecular formula is C51H63N3O3. The lowest BCUT2D eigenvalue weighted by molar-refractivity contribution is 0.552. The molecule has 0 spiro atoms. The van der Waals surface area contributed by atoms with Crippen molar-refractivity contribution in [3.8, 4) is 34.4 Å². The third kappa shape index (κ3) is 7.69. The summed E-state index contributed by atoms with van der Waals surface area (Å²) in [6.07, 6.45) is 0. The molecule has 0 atom stereocenters. The zero-order valence-corrected chi connectivity index (χ0v) is 37.8. The van der Waals surface area contributed by atoms with E-state index in [9.17, 15) is 0 Å². The number of hydrogen-bond donors (Lipinski definition) is 0. The first-order chi connectivity index (χ1) is 26.0. The zero-order valence-electron chi connectivity index (χ0n) is 37.8. The van der Waals surface area contributed by atoms with Gasteiger partial charge in [-0.05, 0) is 85.6 Å². The van der Waals surface area contributed by atoms with E-state index in [1.807, 2.05) is 0 Å². The molecule has 0 amide bonds. The molecule has 0 aliphatic heterocycles. The van der Waals surface area contributed by atoms with Crippen LogP contribution in [0.3, 0.4) is 0 Å². The Bertz CT molecular complexity index is 2370. The molecule has 3 aromatic heterocycles. The summed E-state index contributed by atoms with van der Waals surface area (Å²) < 4.78 is 20.4. The van der Waals surface area contributed by atoms with Gasteiger partial charge in [0.15, 0.2) is 16.7 Å². The quantitative estimate of drug-likeness (QED) is 0.178. The third-order valence-corrected chi connectivity index (χ3v) is 11.2. The maximum atomic E-state index is 6.80. The van der Waals surface area contributed by atoms with Crippen LogP contribution >= 0.6 is 0 Å². The monoisotopic (exact) mass is 765 g/mol. The summed E-state index contributed by atoms with van der Waals surface area (Å²) >= 11 is 0. The average molecular weight is 766 g/mol. The fourth-order valence-corrected chi connectivity index (χ4v) is 7.44. The van der Waals surface area contributed by atoms with Crippen molar-refractivity contribution in [1.82, 2.24) is 15.0 Å². The highest BCUT2D eigenvalue weighted by molar-refractivity contribution is 5.87. The highest BCUT2D eigenvalue weighted by Gasteiger charge is 2.30. The van der Waals surface area contributed by atoms with Gasteiger partial charge in [0.1, 0.15) is 16.6 Å². The molecule has 6 heteroatoms. The maximum absolute atomic E-state index is 6.80. The minimum atomic E-state index is -0.160. The summed E-state index contributed by atoms with van der Waals surface area (Å²) in [6.45, 7) is 40.2. The Morgan fingerprint density at radius 2 is 0.526 bits per heavy atom. The summed E-state index contributed by atoms with van der Waals surface area (Å²) in [5.41, 5.74) is 13.7. The molecule has 0 saturated heterocycles. The van der Waals surface area contributed by atoms with E-state index >= 15 is 0 Å². The molecule has 0 saturated carbocycles. The largest absolute Gasteiger partial charge is 0.436 e. The summed E-state index contributed by atoms with van der Waals surface area (Å²) in [6, 6.07) is 19.6. The van der Waals surface area contributed by atoms with Gasteiger partial charge in [0.05, 0.1) is 0 Å². The molecule has 57 heavy (non-hydrogen) atoms. The first-order valence-electron chi connectivity index (χ1n) is 20.5. The van der Waals surface area contributed by atoms with Gasteiger partial charge in [-0.3, -0.25) is 0 Å². The van der Waals surface area contributed by atoms with E-state index in [0.29, 0.717) is 17.7 Å². The van der Waals surface area contributed by atoms with Crippen molar-refractivity contribution in [2.24, 2.45) is 0 Å². The topological polar surface area (TPSA) is 78.1 Å². The van der Waals surface area contributed by atoms with Crippen LogP contribution in [0.15, 0.2) is 67.8 Å². The minimum absolute atomic E-state index is 0.0577. The van der Waals surface area contributed by atoms with E-state index in [2.05, 4.69) is 179 Å². The molecule has 7 aromatic rings. The van der Waals surface area contributed by atoms with Gasteiger partial charge in [-0.2, -0.15) is 0 Å². The SMILES string of the molecule is CC(C)(C)c1cc(C(C)(C)C)c2oc(-c3cc(-c4nc5cc(C(C)(C)C)cc(C(C)(C)C)c5o4)cc(-c4nc5cc(C(C)(C)C)cc(C(C)(C)C)c5o4)c3)nc2c1. The Hall–Kier alpha value is -4.71. The maximum Gasteiger partial charge on any atom is 0.227 e. The van der Waals surface area contributed by atoms with Crippen LogP contribution in [-0.4, -0.2) is 15.0 Å². The number of fused-ring (bicyclic) bond motifs is 3. The molecule has 300 valence electrons. The number of aromatic nitrogens is 3. The Morgan fingerprint density at radius 3 is 0.719 bits per heavy atom. The Balaban J connectivity index is 1.52. The van der Waals surface area contributed by atoms with Gasteiger partial charge >= 0.3 is 0 Å². The van der Waals surface area contributed by atoms with E-state index in [4.69, 9.17) is 28.2 Å². The molecule has 4 aromatic carbocycles. The molecule has 0 bridgehead atoms. The van der Waals surface area contributed by atoms with Crippen LogP contribution in [0.5, 0.6) is 0 Å². The molecule has 0 aliphatic rings. The lowest BCUT2D eigenvalue weighted by Crippen LogP contribution is -2.16. The first-order valence-corrected chi connectivity index (χ1v) is 20.5. The summed E-state index contributed by atoms with van der Waals surface area (Å²) in [5, 5.41) is 0. The average Bonchev–Trinajstić information content (AvgIpc) is 3.80. The molecule has 3 heterocycles. The number of benzene rings is 4. The third-order valence-electron chi connectivity index (χ3n) is 11.2. The summed E-state index contributed by atoms with van der Waals surface area (Å²) in [7, 11) is 0. The van der Waals surface area contributed by atoms with Gasteiger partial charge in [-0.1, -0.05) is 143 Å². The highest BCUT2D eigenvalue weighted by Crippen LogP contribution is 2.43. The van der Waals surface area contributed by atoms with Crippen molar-refractivity contribution in [3.63, 3.8) is 0 Å². The lowest BCUT2D eigenvalue weighted by atomic mass is 9.80. The molecule has 0 unspecified atom stereocenters. The highest BCUT2D eigenvalue weighted by atomic mass is 16.4. The second kappa shape index (κ2) is 12.9. The number of rotatable bonds is 3. The van der Waals surface area contributed by atoms with E-state index in [1.165, 1.54) is 16.7 Å². The molecular weight excluding hydrogens is 703 g/mol. The normalized spacial score (nSPS) is 13.8. The Kier molecular flexibility index (Phi) is 9.16. The minimum Gasteiger partial charge on any atom is -0.436 e. The van der Waals surface area contributed by atoms with Crippen LogP contribution in [0.25, 0.3) is 67.7 Å². The van der Waals surface area contributed by atoms with Crippen LogP contribution < -0.4 is 0 Å². The summed E-state index contributed by atoms with van der Waals surface area (Å²) in [5.74, 6) is 1.56. The van der Waals surface area contributed by atoms with Gasteiger partial charge in [-0.15, -0.1) is 0 Å². The van der Waals surface area contributed by atoms with Crippen molar-refractivity contribution >= 4 is 33.3 Å². The van der Waals surface area contributed by atoms with E-state index in [1.54, 1.807) is 0 Å². The number of hydrogen-bond acceptors (Lipinski definition) is 6. The van der Waals surface area contributed by atoms with E-state index in [-0.39, 0.29) is 32.5 Å². The molecule has 0 fully saturated rings. The zero-order chi connectivity index (χ0) is 42.0. The predicted molar refractivity (Wildman–Crippen MR) is 238 cm³/mol. The Morgan fingerprint density at radius 1 is 0.298 bits per heavy atom. The fourth-order valence-electron chi connectivity index (χ4n) is 7.44. The number of nitrogens with zero attached hydrogens (tertiary/aromatic N) is 3. The standard InChI is InChI=1S/C51H63N3O3/c1-46(2,3)31-22-34(49(10,11)12)40-37(25-31)52-43(55-40)28-19-29(44-53-38-26-32(47(4,5)6)23-35(41(38)56-44)50(13,14)15)21-30(20-28)45-54-39-27-33(48(7,8)9)24-36(42(39)57-45)51(16,17)18/h19-27H,1-18H3. The molecule has 0 N–H and O–H groups in total. The van der Waals surface area contributed by atoms with Crippen molar-refractivity contribution in [2.45, 2.75) is 157 Å². The van der Waals surface area contributed by atoms with Gasteiger partial charge in [0.2, 0.25) is 17.7 Å². The van der Waals surface area contributed by atoms with Gasteiger partial charge < -0.3 is 13.3 Å². The molecule has 7 rings (SSSR count). The Labute approximate surface area is 339 Å². The fraction of sp³-hybridized carbons (Fsp3) is 0.471. The summed E-state index contributed by atoms with van der Waals surface area (Å²) in [4.78, 5) is 15.6. The first kappa shape index (κ1) is 40.5. The predicted octanol–water partition coefficient (Wildman–Crippen LogP) is 14.9. The van der Waals surface area contributed by atoms with Gasteiger partial charge in [-0.25, -0.2) is 15.0 Å². The van der Waals surface area contributed by atoms with Crippen molar-refractivity contribution in [2.75, 3.05) is 0 Å². The van der Waals surface area contributed by atoms with Crippen LogP contribution in [-0.2, 0) is 32.5 Å². The lowest BCUT2D eigenvalue weighted by Gasteiger charge is -2.24. The van der Waals surface area contributed by atoms with Crippen LogP contribution in [0.4, 0.5) is 0 Å². The number of oxazole rings is 3. The smallest absolute Gasteiger partial charge is 0.227 e. The molecule has 0 aliphatic carbocycles. The molecule has 0 radical (unpaired) electrons. The van der Waals surface area contributed by atoms with Crippen LogP contribution in [0.2, 0.25) is 0 Å². The van der Waals surface area contributed by atoms with Gasteiger partial charge in [0.25, 0.3) is 0 Å². The van der Waals surface area contributed by atoms with Gasteiger partial charge in [0, 0.05) is 33.4 Å². The van der Waals surface area contributed by atoms with Crippen LogP contribution in [0, 0.1) is 0 Å². The van der Waals surface area contributed by atoms with Crippen LogP contribution in [0.1, 0.15) is 158 Å². The molecule has 6 nitrogen and oxygen atoms in total. The van der Waals surface area contributed by atoms with Crippen molar-refractivity contribution in [3.05, 3.63) is 88.0 Å². The van der Waals surface area contributed by atoms with E-state index in [0.717, 1.165) is 66.7 Å².